The van der Waals surface area contributed by atoms with E-state index in [1.165, 1.54) is 18.5 Å². The molecule has 4 N–H and O–H groups in total. The smallest absolute Gasteiger partial charge is 0.384 e. The Morgan fingerprint density at radius 1 is 0.976 bits per heavy atom. The van der Waals surface area contributed by atoms with Gasteiger partial charge in [0.1, 0.15) is 18.0 Å². The van der Waals surface area contributed by atoms with Crippen molar-refractivity contribution in [3.63, 3.8) is 0 Å². The minimum Gasteiger partial charge on any atom is -0.384 e. The molecule has 1 fully saturated rings. The molecule has 0 atom stereocenters. The van der Waals surface area contributed by atoms with Gasteiger partial charge >= 0.3 is 6.18 Å². The van der Waals surface area contributed by atoms with Gasteiger partial charge in [0.15, 0.2) is 0 Å². The molecule has 4 aromatic rings. The molecule has 0 bridgehead atoms. The molecule has 41 heavy (non-hydrogen) atoms. The number of amides is 1. The normalized spacial score (nSPS) is 14.6. The number of rotatable bonds is 8. The van der Waals surface area contributed by atoms with E-state index in [0.717, 1.165) is 25.7 Å². The second-order valence-electron chi connectivity index (χ2n) is 9.66. The number of hydrogen-bond acceptors (Lipinski definition) is 8. The number of nitrogens with zero attached hydrogens (tertiary/aromatic N) is 6. The maximum Gasteiger partial charge on any atom is 0.416 e. The lowest BCUT2D eigenvalue weighted by molar-refractivity contribution is -0.138. The summed E-state index contributed by atoms with van der Waals surface area (Å²) >= 11 is 0. The molecule has 10 nitrogen and oxygen atoms in total. The number of piperazine rings is 1. The average Bonchev–Trinajstić information content (AvgIpc) is 3.42. The third-order valence-corrected chi connectivity index (χ3v) is 6.92. The third-order valence-electron chi connectivity index (χ3n) is 6.92. The molecule has 1 amide bonds. The van der Waals surface area contributed by atoms with Crippen LogP contribution in [-0.4, -0.2) is 67.9 Å². The molecular weight excluding hydrogens is 535 g/mol. The van der Waals surface area contributed by atoms with Gasteiger partial charge in [-0.1, -0.05) is 19.1 Å². The number of halogens is 3. The summed E-state index contributed by atoms with van der Waals surface area (Å²) < 4.78 is 43.7. The van der Waals surface area contributed by atoms with Gasteiger partial charge in [-0.05, 0) is 42.4 Å². The van der Waals surface area contributed by atoms with Gasteiger partial charge in [0.25, 0.3) is 5.91 Å². The molecule has 0 radical (unpaired) electrons. The summed E-state index contributed by atoms with van der Waals surface area (Å²) in [6.07, 6.45) is 0.0446. The molecule has 0 spiro atoms. The molecule has 2 aromatic heterocycles. The average molecular weight is 566 g/mol. The quantitative estimate of drug-likeness (QED) is 0.288. The number of likely N-dealkylation sites (N-methyl/N-ethyl adjacent to an activating group) is 1. The Morgan fingerprint density at radius 2 is 1.76 bits per heavy atom. The largest absolute Gasteiger partial charge is 0.416 e. The van der Waals surface area contributed by atoms with Crippen LogP contribution in [0.1, 0.15) is 28.4 Å². The molecule has 0 unspecified atom stereocenters. The standard InChI is InChI=1S/C28H30F3N9O/c1-2-38-10-12-39(13-11-38)17-20-6-7-22(15-23(20)28(29,30)31)36-26(41)19-4-3-5-21(14-19)37-27-33-8-9-40(27)25-16-24(32)34-18-35-25/h3-9,14-16,18H,2,10-13,17H2,1H3,(H,33,37)(H,36,41)(H2,32,34,35). The van der Waals surface area contributed by atoms with Gasteiger partial charge in [-0.15, -0.1) is 0 Å². The number of benzene rings is 2. The molecule has 1 aliphatic rings. The second kappa shape index (κ2) is 11.9. The first-order chi connectivity index (χ1) is 19.7. The number of hydrogen-bond donors (Lipinski definition) is 3. The summed E-state index contributed by atoms with van der Waals surface area (Å²) in [6.45, 7) is 6.28. The van der Waals surface area contributed by atoms with Gasteiger partial charge in [-0.25, -0.2) is 15.0 Å². The topological polar surface area (TPSA) is 117 Å². The van der Waals surface area contributed by atoms with Crippen LogP contribution in [0.15, 0.2) is 67.3 Å². The number of anilines is 4. The highest BCUT2D eigenvalue weighted by atomic mass is 19.4. The van der Waals surface area contributed by atoms with Crippen LogP contribution in [0.25, 0.3) is 5.82 Å². The molecule has 0 aliphatic carbocycles. The highest BCUT2D eigenvalue weighted by Crippen LogP contribution is 2.35. The number of aromatic nitrogens is 4. The van der Waals surface area contributed by atoms with E-state index in [9.17, 15) is 18.0 Å². The Kier molecular flexibility index (Phi) is 8.17. The van der Waals surface area contributed by atoms with E-state index in [0.29, 0.717) is 36.4 Å². The number of imidazole rings is 1. The molecule has 13 heteroatoms. The zero-order valence-electron chi connectivity index (χ0n) is 22.4. The number of alkyl halides is 3. The summed E-state index contributed by atoms with van der Waals surface area (Å²) in [4.78, 5) is 29.7. The van der Waals surface area contributed by atoms with Crippen molar-refractivity contribution >= 4 is 29.0 Å². The zero-order chi connectivity index (χ0) is 29.0. The van der Waals surface area contributed by atoms with Crippen molar-refractivity contribution in [1.29, 1.82) is 0 Å². The molecule has 2 aromatic carbocycles. The lowest BCUT2D eigenvalue weighted by Crippen LogP contribution is -2.45. The van der Waals surface area contributed by atoms with Crippen molar-refractivity contribution < 1.29 is 18.0 Å². The summed E-state index contributed by atoms with van der Waals surface area (Å²) in [5, 5.41) is 5.73. The number of nitrogens with two attached hydrogens (primary N) is 1. The van der Waals surface area contributed by atoms with Crippen LogP contribution in [-0.2, 0) is 12.7 Å². The Labute approximate surface area is 235 Å². The van der Waals surface area contributed by atoms with Crippen molar-refractivity contribution in [1.82, 2.24) is 29.3 Å². The summed E-state index contributed by atoms with van der Waals surface area (Å²) in [7, 11) is 0. The minimum absolute atomic E-state index is 0.0668. The first-order valence-corrected chi connectivity index (χ1v) is 13.1. The molecule has 1 saturated heterocycles. The minimum atomic E-state index is -4.55. The molecule has 5 rings (SSSR count). The zero-order valence-corrected chi connectivity index (χ0v) is 22.4. The van der Waals surface area contributed by atoms with E-state index in [2.05, 4.69) is 37.4 Å². The fraction of sp³-hybridized carbons (Fsp3) is 0.286. The Bertz CT molecular complexity index is 1510. The monoisotopic (exact) mass is 565 g/mol. The summed E-state index contributed by atoms with van der Waals surface area (Å²) in [5.74, 6) is 0.669. The molecule has 3 heterocycles. The first kappa shape index (κ1) is 28.1. The predicted molar refractivity (Wildman–Crippen MR) is 150 cm³/mol. The fourth-order valence-electron chi connectivity index (χ4n) is 4.71. The van der Waals surface area contributed by atoms with Crippen LogP contribution in [0, 0.1) is 0 Å². The maximum absolute atomic E-state index is 14.0. The van der Waals surface area contributed by atoms with Crippen molar-refractivity contribution in [2.24, 2.45) is 0 Å². The van der Waals surface area contributed by atoms with E-state index in [1.54, 1.807) is 47.3 Å². The number of nitrogens with one attached hydrogen (secondary N) is 2. The van der Waals surface area contributed by atoms with Crippen LogP contribution in [0.3, 0.4) is 0 Å². The van der Waals surface area contributed by atoms with Gasteiger partial charge in [0.2, 0.25) is 5.95 Å². The van der Waals surface area contributed by atoms with Gasteiger partial charge in [-0.3, -0.25) is 14.3 Å². The highest BCUT2D eigenvalue weighted by Gasteiger charge is 2.34. The second-order valence-corrected chi connectivity index (χ2v) is 9.66. The molecule has 1 aliphatic heterocycles. The Hall–Kier alpha value is -4.49. The van der Waals surface area contributed by atoms with Crippen LogP contribution < -0.4 is 16.4 Å². The van der Waals surface area contributed by atoms with Crippen LogP contribution in [0.4, 0.5) is 36.3 Å². The Morgan fingerprint density at radius 3 is 2.49 bits per heavy atom. The number of nitrogen functional groups attached to an aromatic ring is 1. The maximum atomic E-state index is 14.0. The van der Waals surface area contributed by atoms with Crippen molar-refractivity contribution in [2.45, 2.75) is 19.6 Å². The van der Waals surface area contributed by atoms with E-state index < -0.39 is 17.6 Å². The van der Waals surface area contributed by atoms with Crippen LogP contribution in [0.5, 0.6) is 0 Å². The predicted octanol–water partition coefficient (Wildman–Crippen LogP) is 4.40. The Balaban J connectivity index is 1.30. The van der Waals surface area contributed by atoms with E-state index in [-0.39, 0.29) is 23.4 Å². The summed E-state index contributed by atoms with van der Waals surface area (Å²) in [5.41, 5.74) is 6.06. The van der Waals surface area contributed by atoms with Gasteiger partial charge in [0, 0.05) is 68.1 Å². The van der Waals surface area contributed by atoms with Crippen molar-refractivity contribution in [3.8, 4) is 5.82 Å². The van der Waals surface area contributed by atoms with Crippen molar-refractivity contribution in [2.75, 3.05) is 49.1 Å². The summed E-state index contributed by atoms with van der Waals surface area (Å²) in [6, 6.07) is 12.1. The molecule has 214 valence electrons. The van der Waals surface area contributed by atoms with E-state index >= 15 is 0 Å². The molecule has 0 saturated carbocycles. The van der Waals surface area contributed by atoms with Crippen molar-refractivity contribution in [3.05, 3.63) is 83.9 Å². The lowest BCUT2D eigenvalue weighted by atomic mass is 10.0. The molecular formula is C28H30F3N9O. The highest BCUT2D eigenvalue weighted by molar-refractivity contribution is 6.05. The van der Waals surface area contributed by atoms with Gasteiger partial charge in [0.05, 0.1) is 5.56 Å². The van der Waals surface area contributed by atoms with Crippen LogP contribution >= 0.6 is 0 Å². The van der Waals surface area contributed by atoms with E-state index in [1.807, 2.05) is 4.90 Å². The van der Waals surface area contributed by atoms with Gasteiger partial charge < -0.3 is 21.3 Å². The number of carbonyl (C=O) groups is 1. The fourth-order valence-corrected chi connectivity index (χ4v) is 4.71. The lowest BCUT2D eigenvalue weighted by Gasteiger charge is -2.34. The third kappa shape index (κ3) is 6.81. The van der Waals surface area contributed by atoms with Gasteiger partial charge in [-0.2, -0.15) is 13.2 Å². The van der Waals surface area contributed by atoms with Crippen LogP contribution in [0.2, 0.25) is 0 Å². The van der Waals surface area contributed by atoms with E-state index in [4.69, 9.17) is 5.73 Å². The first-order valence-electron chi connectivity index (χ1n) is 13.1. The number of carbonyl (C=O) groups excluding carboxylic acids is 1. The SMILES string of the molecule is CCN1CCN(Cc2ccc(NC(=O)c3cccc(Nc4nccn4-c4cc(N)ncn4)c3)cc2C(F)(F)F)CC1.